The van der Waals surface area contributed by atoms with Crippen molar-refractivity contribution in [1.29, 1.82) is 0 Å². The van der Waals surface area contributed by atoms with Crippen molar-refractivity contribution in [3.63, 3.8) is 0 Å². The Morgan fingerprint density at radius 3 is 2.71 bits per heavy atom. The van der Waals surface area contributed by atoms with Crippen LogP contribution < -0.4 is 5.44 Å². The molecule has 0 aliphatic rings. The largest absolute Gasteiger partial charge is 0.481 e. The zero-order valence-electron chi connectivity index (χ0n) is 8.52. The fourth-order valence-corrected chi connectivity index (χ4v) is 2.29. The number of aromatic nitrogens is 2. The smallest absolute Gasteiger partial charge is 0.374 e. The fourth-order valence-electron chi connectivity index (χ4n) is 1.59. The van der Waals surface area contributed by atoms with E-state index in [9.17, 15) is 9.36 Å². The molecule has 0 unspecified atom stereocenters. The summed E-state index contributed by atoms with van der Waals surface area (Å²) in [6, 6.07) is 4.62. The molecule has 0 atom stereocenters. The molecule has 0 bridgehead atoms. The molecule has 7 nitrogen and oxygen atoms in total. The lowest BCUT2D eigenvalue weighted by atomic mass is 10.2. The van der Waals surface area contributed by atoms with E-state index in [2.05, 4.69) is 4.98 Å². The SMILES string of the molecule is O=C(O)Cc1cccc2ncc(P(=O)(O)O)n12. The maximum absolute atomic E-state index is 11.2. The standard InChI is InChI=1S/C9H9N2O5P/c12-9(13)4-6-2-1-3-7-10-5-8(11(6)7)17(14,15)16/h1-3,5H,4H2,(H,12,13)(H2,14,15,16). The fraction of sp³-hybridized carbons (Fsp3) is 0.111. The van der Waals surface area contributed by atoms with Crippen LogP contribution in [0.1, 0.15) is 5.69 Å². The molecule has 0 fully saturated rings. The monoisotopic (exact) mass is 256 g/mol. The Labute approximate surface area is 95.5 Å². The van der Waals surface area contributed by atoms with Crippen LogP contribution in [-0.2, 0) is 15.8 Å². The van der Waals surface area contributed by atoms with E-state index in [1.54, 1.807) is 12.1 Å². The molecule has 17 heavy (non-hydrogen) atoms. The van der Waals surface area contributed by atoms with E-state index in [0.29, 0.717) is 5.65 Å². The van der Waals surface area contributed by atoms with Gasteiger partial charge in [-0.15, -0.1) is 0 Å². The summed E-state index contributed by atoms with van der Waals surface area (Å²) in [4.78, 5) is 32.8. The Kier molecular flexibility index (Phi) is 2.74. The van der Waals surface area contributed by atoms with Gasteiger partial charge < -0.3 is 14.9 Å². The number of carboxylic acids is 1. The van der Waals surface area contributed by atoms with E-state index in [1.807, 2.05) is 0 Å². The number of carbonyl (C=O) groups is 1. The van der Waals surface area contributed by atoms with Gasteiger partial charge in [-0.25, -0.2) is 4.98 Å². The highest BCUT2D eigenvalue weighted by Crippen LogP contribution is 2.33. The van der Waals surface area contributed by atoms with E-state index in [4.69, 9.17) is 14.9 Å². The van der Waals surface area contributed by atoms with Crippen molar-refractivity contribution in [3.05, 3.63) is 30.1 Å². The van der Waals surface area contributed by atoms with Crippen molar-refractivity contribution in [2.75, 3.05) is 0 Å². The van der Waals surface area contributed by atoms with Crippen LogP contribution in [0.25, 0.3) is 5.65 Å². The molecular weight excluding hydrogens is 247 g/mol. The first kappa shape index (κ1) is 11.8. The van der Waals surface area contributed by atoms with Crippen molar-refractivity contribution in [1.82, 2.24) is 9.38 Å². The normalized spacial score (nSPS) is 11.9. The Balaban J connectivity index is 2.72. The second-order valence-electron chi connectivity index (χ2n) is 3.44. The highest BCUT2D eigenvalue weighted by molar-refractivity contribution is 7.60. The van der Waals surface area contributed by atoms with Gasteiger partial charge in [-0.05, 0) is 12.1 Å². The molecule has 2 rings (SSSR count). The predicted octanol–water partition coefficient (Wildman–Crippen LogP) is -0.236. The Morgan fingerprint density at radius 1 is 1.41 bits per heavy atom. The highest BCUT2D eigenvalue weighted by atomic mass is 31.2. The molecule has 0 amide bonds. The van der Waals surface area contributed by atoms with Crippen LogP contribution in [0.2, 0.25) is 0 Å². The van der Waals surface area contributed by atoms with Gasteiger partial charge in [0.1, 0.15) is 5.65 Å². The summed E-state index contributed by atoms with van der Waals surface area (Å²) in [7, 11) is -4.48. The summed E-state index contributed by atoms with van der Waals surface area (Å²) in [5.41, 5.74) is 0.275. The number of carboxylic acid groups (broad SMARTS) is 1. The van der Waals surface area contributed by atoms with Crippen LogP contribution in [0.3, 0.4) is 0 Å². The number of nitrogens with zero attached hydrogens (tertiary/aromatic N) is 2. The molecule has 2 heterocycles. The van der Waals surface area contributed by atoms with Crippen LogP contribution in [0, 0.1) is 0 Å². The number of hydrogen-bond acceptors (Lipinski definition) is 3. The van der Waals surface area contributed by atoms with Gasteiger partial charge in [0.05, 0.1) is 12.6 Å². The average molecular weight is 256 g/mol. The lowest BCUT2D eigenvalue weighted by molar-refractivity contribution is -0.136. The second kappa shape index (κ2) is 3.96. The van der Waals surface area contributed by atoms with Crippen LogP contribution in [0.5, 0.6) is 0 Å². The first-order chi connectivity index (χ1) is 7.89. The van der Waals surface area contributed by atoms with Gasteiger partial charge >= 0.3 is 13.6 Å². The summed E-state index contributed by atoms with van der Waals surface area (Å²) in [6.07, 6.45) is 0.724. The molecule has 0 aliphatic carbocycles. The van der Waals surface area contributed by atoms with Crippen molar-refractivity contribution in [3.8, 4) is 0 Å². The molecule has 0 saturated heterocycles. The Morgan fingerprint density at radius 2 is 2.12 bits per heavy atom. The van der Waals surface area contributed by atoms with E-state index >= 15 is 0 Å². The van der Waals surface area contributed by atoms with E-state index < -0.39 is 13.6 Å². The summed E-state index contributed by atoms with van der Waals surface area (Å²) in [5.74, 6) is -1.08. The zero-order chi connectivity index (χ0) is 12.6. The second-order valence-corrected chi connectivity index (χ2v) is 4.99. The molecule has 3 N–H and O–H groups in total. The first-order valence-electron chi connectivity index (χ1n) is 4.63. The number of rotatable bonds is 3. The van der Waals surface area contributed by atoms with Gasteiger partial charge in [0, 0.05) is 5.69 Å². The van der Waals surface area contributed by atoms with Crippen LogP contribution >= 0.6 is 7.60 Å². The molecule has 0 aromatic carbocycles. The van der Waals surface area contributed by atoms with E-state index in [-0.39, 0.29) is 17.5 Å². The lowest BCUT2D eigenvalue weighted by Gasteiger charge is -2.07. The number of fused-ring (bicyclic) bond motifs is 1. The van der Waals surface area contributed by atoms with Gasteiger partial charge in [-0.2, -0.15) is 0 Å². The number of imidazole rings is 1. The average Bonchev–Trinajstić information content (AvgIpc) is 2.60. The van der Waals surface area contributed by atoms with Crippen molar-refractivity contribution in [2.45, 2.75) is 6.42 Å². The molecule has 0 radical (unpaired) electrons. The third kappa shape index (κ3) is 2.21. The Hall–Kier alpha value is -1.69. The maximum atomic E-state index is 11.2. The summed E-state index contributed by atoms with van der Waals surface area (Å²) in [6.45, 7) is 0. The van der Waals surface area contributed by atoms with Gasteiger partial charge in [0.2, 0.25) is 0 Å². The van der Waals surface area contributed by atoms with Crippen molar-refractivity contribution in [2.24, 2.45) is 0 Å². The minimum Gasteiger partial charge on any atom is -0.481 e. The lowest BCUT2D eigenvalue weighted by Crippen LogP contribution is -2.16. The predicted molar refractivity (Wildman–Crippen MR) is 58.2 cm³/mol. The zero-order valence-corrected chi connectivity index (χ0v) is 9.41. The molecule has 0 spiro atoms. The number of aliphatic carboxylic acids is 1. The van der Waals surface area contributed by atoms with Crippen LogP contribution in [-0.4, -0.2) is 30.2 Å². The van der Waals surface area contributed by atoms with E-state index in [0.717, 1.165) is 6.20 Å². The summed E-state index contributed by atoms with van der Waals surface area (Å²) < 4.78 is 12.4. The van der Waals surface area contributed by atoms with Gasteiger partial charge in [0.25, 0.3) is 0 Å². The summed E-state index contributed by atoms with van der Waals surface area (Å²) >= 11 is 0. The minimum absolute atomic E-state index is 0.269. The third-order valence-electron chi connectivity index (χ3n) is 2.22. The number of hydrogen-bond donors (Lipinski definition) is 3. The van der Waals surface area contributed by atoms with Gasteiger partial charge in [-0.1, -0.05) is 6.07 Å². The summed E-state index contributed by atoms with van der Waals surface area (Å²) in [5, 5.41) is 8.73. The quantitative estimate of drug-likeness (QED) is 0.653. The maximum Gasteiger partial charge on any atom is 0.374 e. The Bertz CT molecular complexity index is 629. The molecule has 90 valence electrons. The molecular formula is C9H9N2O5P. The first-order valence-corrected chi connectivity index (χ1v) is 6.24. The van der Waals surface area contributed by atoms with Gasteiger partial charge in [-0.3, -0.25) is 13.8 Å². The van der Waals surface area contributed by atoms with Gasteiger partial charge in [0.15, 0.2) is 5.44 Å². The molecule has 0 saturated carbocycles. The van der Waals surface area contributed by atoms with Crippen molar-refractivity contribution < 1.29 is 24.3 Å². The highest BCUT2D eigenvalue weighted by Gasteiger charge is 2.24. The molecule has 2 aromatic rings. The van der Waals surface area contributed by atoms with Crippen molar-refractivity contribution >= 4 is 24.6 Å². The molecule has 2 aromatic heterocycles. The minimum atomic E-state index is -4.48. The topological polar surface area (TPSA) is 112 Å². The van der Waals surface area contributed by atoms with Crippen LogP contribution in [0.4, 0.5) is 0 Å². The number of pyridine rings is 1. The van der Waals surface area contributed by atoms with E-state index in [1.165, 1.54) is 10.5 Å². The molecule has 8 heteroatoms. The molecule has 0 aliphatic heterocycles. The third-order valence-corrected chi connectivity index (χ3v) is 3.13. The van der Waals surface area contributed by atoms with Crippen LogP contribution in [0.15, 0.2) is 24.4 Å².